The number of rotatable bonds is 4. The fourth-order valence-corrected chi connectivity index (χ4v) is 2.82. The topological polar surface area (TPSA) is 58.6 Å². The number of hydrogen-bond acceptors (Lipinski definition) is 3. The van der Waals surface area contributed by atoms with Crippen molar-refractivity contribution in [2.24, 2.45) is 0 Å². The molecule has 1 N–H and O–H groups in total. The van der Waals surface area contributed by atoms with E-state index in [-0.39, 0.29) is 6.04 Å². The lowest BCUT2D eigenvalue weighted by Gasteiger charge is -2.34. The SMILES string of the molecule is CCC1CCCCN1C(=O)C(=O)NCc1ccc(OC)cc1. The summed E-state index contributed by atoms with van der Waals surface area (Å²) in [5.74, 6) is -0.151. The third-order valence-electron chi connectivity index (χ3n) is 4.17. The van der Waals surface area contributed by atoms with Crippen LogP contribution in [0, 0.1) is 0 Å². The van der Waals surface area contributed by atoms with Crippen molar-refractivity contribution < 1.29 is 14.3 Å². The van der Waals surface area contributed by atoms with Crippen LogP contribution in [-0.2, 0) is 16.1 Å². The molecule has 0 radical (unpaired) electrons. The predicted molar refractivity (Wildman–Crippen MR) is 84.5 cm³/mol. The van der Waals surface area contributed by atoms with Gasteiger partial charge < -0.3 is 15.0 Å². The third-order valence-corrected chi connectivity index (χ3v) is 4.17. The summed E-state index contributed by atoms with van der Waals surface area (Å²) in [5.41, 5.74) is 0.938. The Bertz CT molecular complexity index is 513. The fourth-order valence-electron chi connectivity index (χ4n) is 2.82. The van der Waals surface area contributed by atoms with E-state index in [4.69, 9.17) is 4.74 Å². The second-order valence-electron chi connectivity index (χ2n) is 5.59. The number of amides is 2. The minimum atomic E-state index is -0.517. The fraction of sp³-hybridized carbons (Fsp3) is 0.529. The molecule has 0 aromatic heterocycles. The molecule has 0 spiro atoms. The number of methoxy groups -OCH3 is 1. The Morgan fingerprint density at radius 3 is 2.64 bits per heavy atom. The molecule has 0 aliphatic carbocycles. The first kappa shape index (κ1) is 16.3. The van der Waals surface area contributed by atoms with E-state index in [1.807, 2.05) is 24.3 Å². The Kier molecular flexibility index (Phi) is 5.81. The second kappa shape index (κ2) is 7.82. The van der Waals surface area contributed by atoms with E-state index in [1.54, 1.807) is 12.0 Å². The molecular formula is C17H24N2O3. The lowest BCUT2D eigenvalue weighted by Crippen LogP contribution is -2.49. The molecular weight excluding hydrogens is 280 g/mol. The number of piperidine rings is 1. The molecule has 120 valence electrons. The Morgan fingerprint density at radius 1 is 1.27 bits per heavy atom. The van der Waals surface area contributed by atoms with E-state index in [9.17, 15) is 9.59 Å². The highest BCUT2D eigenvalue weighted by atomic mass is 16.5. The maximum absolute atomic E-state index is 12.3. The quantitative estimate of drug-likeness (QED) is 0.867. The van der Waals surface area contributed by atoms with Crippen molar-refractivity contribution in [2.75, 3.05) is 13.7 Å². The maximum atomic E-state index is 12.3. The number of carbonyl (C=O) groups is 2. The molecule has 1 unspecified atom stereocenters. The Hall–Kier alpha value is -2.04. The van der Waals surface area contributed by atoms with Gasteiger partial charge in [0.25, 0.3) is 0 Å². The van der Waals surface area contributed by atoms with Crippen LogP contribution in [0.1, 0.15) is 38.2 Å². The van der Waals surface area contributed by atoms with Gasteiger partial charge in [0.1, 0.15) is 5.75 Å². The first-order valence-electron chi connectivity index (χ1n) is 7.87. The van der Waals surface area contributed by atoms with Gasteiger partial charge in [0.15, 0.2) is 0 Å². The van der Waals surface area contributed by atoms with Gasteiger partial charge in [0.05, 0.1) is 7.11 Å². The Labute approximate surface area is 131 Å². The van der Waals surface area contributed by atoms with Crippen LogP contribution < -0.4 is 10.1 Å². The zero-order valence-electron chi connectivity index (χ0n) is 13.3. The van der Waals surface area contributed by atoms with Crippen LogP contribution in [0.4, 0.5) is 0 Å². The third kappa shape index (κ3) is 4.00. The number of likely N-dealkylation sites (tertiary alicyclic amines) is 1. The van der Waals surface area contributed by atoms with Crippen molar-refractivity contribution in [2.45, 2.75) is 45.2 Å². The van der Waals surface area contributed by atoms with E-state index in [1.165, 1.54) is 0 Å². The molecule has 1 saturated heterocycles. The summed E-state index contributed by atoms with van der Waals surface area (Å²) in [5, 5.41) is 2.71. The Morgan fingerprint density at radius 2 is 2.00 bits per heavy atom. The lowest BCUT2D eigenvalue weighted by molar-refractivity contribution is -0.148. The van der Waals surface area contributed by atoms with Gasteiger partial charge in [-0.3, -0.25) is 9.59 Å². The van der Waals surface area contributed by atoms with Crippen LogP contribution in [0.3, 0.4) is 0 Å². The molecule has 1 aliphatic heterocycles. The standard InChI is InChI=1S/C17H24N2O3/c1-3-14-6-4-5-11-19(14)17(21)16(20)18-12-13-7-9-15(22-2)10-8-13/h7-10,14H,3-6,11-12H2,1-2H3,(H,18,20). The van der Waals surface area contributed by atoms with Crippen LogP contribution in [0.2, 0.25) is 0 Å². The minimum absolute atomic E-state index is 0.202. The van der Waals surface area contributed by atoms with E-state index in [0.29, 0.717) is 13.1 Å². The van der Waals surface area contributed by atoms with Gasteiger partial charge in [-0.2, -0.15) is 0 Å². The van der Waals surface area contributed by atoms with Gasteiger partial charge in [-0.1, -0.05) is 19.1 Å². The number of carbonyl (C=O) groups excluding carboxylic acids is 2. The lowest BCUT2D eigenvalue weighted by atomic mass is 10.00. The molecule has 5 heteroatoms. The molecule has 22 heavy (non-hydrogen) atoms. The van der Waals surface area contributed by atoms with Gasteiger partial charge >= 0.3 is 11.8 Å². The highest BCUT2D eigenvalue weighted by Gasteiger charge is 2.29. The first-order chi connectivity index (χ1) is 10.7. The molecule has 1 aromatic rings. The van der Waals surface area contributed by atoms with Crippen LogP contribution in [0.15, 0.2) is 24.3 Å². The van der Waals surface area contributed by atoms with Crippen LogP contribution in [0.5, 0.6) is 5.75 Å². The molecule has 0 saturated carbocycles. The summed E-state index contributed by atoms with van der Waals surface area (Å²) in [7, 11) is 1.61. The molecule has 1 atom stereocenters. The van der Waals surface area contributed by atoms with Gasteiger partial charge in [-0.05, 0) is 43.4 Å². The highest BCUT2D eigenvalue weighted by Crippen LogP contribution is 2.19. The normalized spacial score (nSPS) is 17.9. The summed E-state index contributed by atoms with van der Waals surface area (Å²) in [4.78, 5) is 26.1. The van der Waals surface area contributed by atoms with Gasteiger partial charge in [0, 0.05) is 19.1 Å². The number of nitrogens with one attached hydrogen (secondary N) is 1. The van der Waals surface area contributed by atoms with Gasteiger partial charge in [-0.15, -0.1) is 0 Å². The number of hydrogen-bond donors (Lipinski definition) is 1. The van der Waals surface area contributed by atoms with Crippen LogP contribution in [0.25, 0.3) is 0 Å². The smallest absolute Gasteiger partial charge is 0.312 e. The Balaban J connectivity index is 1.88. The van der Waals surface area contributed by atoms with Gasteiger partial charge in [-0.25, -0.2) is 0 Å². The molecule has 1 heterocycles. The zero-order chi connectivity index (χ0) is 15.9. The second-order valence-corrected chi connectivity index (χ2v) is 5.59. The average Bonchev–Trinajstić information content (AvgIpc) is 2.59. The molecule has 1 aliphatic rings. The number of ether oxygens (including phenoxy) is 1. The summed E-state index contributed by atoms with van der Waals surface area (Å²) in [6.07, 6.45) is 4.01. The van der Waals surface area contributed by atoms with Crippen molar-refractivity contribution in [1.82, 2.24) is 10.2 Å². The number of nitrogens with zero attached hydrogens (tertiary/aromatic N) is 1. The van der Waals surface area contributed by atoms with E-state index >= 15 is 0 Å². The largest absolute Gasteiger partial charge is 0.497 e. The zero-order valence-corrected chi connectivity index (χ0v) is 13.3. The summed E-state index contributed by atoms with van der Waals surface area (Å²) >= 11 is 0. The van der Waals surface area contributed by atoms with Crippen LogP contribution >= 0.6 is 0 Å². The van der Waals surface area contributed by atoms with Gasteiger partial charge in [0.2, 0.25) is 0 Å². The molecule has 2 rings (SSSR count). The monoisotopic (exact) mass is 304 g/mol. The summed E-state index contributed by atoms with van der Waals surface area (Å²) in [6, 6.07) is 7.62. The van der Waals surface area contributed by atoms with E-state index in [2.05, 4.69) is 12.2 Å². The summed E-state index contributed by atoms with van der Waals surface area (Å²) in [6.45, 7) is 3.10. The molecule has 5 nitrogen and oxygen atoms in total. The van der Waals surface area contributed by atoms with Crippen molar-refractivity contribution in [3.63, 3.8) is 0 Å². The summed E-state index contributed by atoms with van der Waals surface area (Å²) < 4.78 is 5.09. The van der Waals surface area contributed by atoms with E-state index in [0.717, 1.165) is 37.0 Å². The molecule has 1 fully saturated rings. The van der Waals surface area contributed by atoms with E-state index < -0.39 is 11.8 Å². The predicted octanol–water partition coefficient (Wildman–Crippen LogP) is 2.10. The molecule has 0 bridgehead atoms. The first-order valence-corrected chi connectivity index (χ1v) is 7.87. The van der Waals surface area contributed by atoms with Crippen molar-refractivity contribution in [1.29, 1.82) is 0 Å². The van der Waals surface area contributed by atoms with Crippen molar-refractivity contribution >= 4 is 11.8 Å². The molecule has 1 aromatic carbocycles. The maximum Gasteiger partial charge on any atom is 0.312 e. The van der Waals surface area contributed by atoms with Crippen molar-refractivity contribution in [3.05, 3.63) is 29.8 Å². The molecule has 2 amide bonds. The van der Waals surface area contributed by atoms with Crippen LogP contribution in [-0.4, -0.2) is 36.4 Å². The highest BCUT2D eigenvalue weighted by molar-refractivity contribution is 6.35. The average molecular weight is 304 g/mol. The minimum Gasteiger partial charge on any atom is -0.497 e. The number of benzene rings is 1. The van der Waals surface area contributed by atoms with Crippen molar-refractivity contribution in [3.8, 4) is 5.75 Å².